The third-order valence-electron chi connectivity index (χ3n) is 4.53. The Balaban J connectivity index is 2.03. The van der Waals surface area contributed by atoms with Crippen molar-refractivity contribution < 1.29 is 9.84 Å². The Kier molecular flexibility index (Phi) is 3.30. The number of hydrogen-bond acceptors (Lipinski definition) is 3. The van der Waals surface area contributed by atoms with E-state index >= 15 is 0 Å². The second-order valence-electron chi connectivity index (χ2n) is 7.14. The van der Waals surface area contributed by atoms with Crippen molar-refractivity contribution in [2.45, 2.75) is 51.4 Å². The molecule has 0 spiro atoms. The number of fused-ring (bicyclic) bond motifs is 1. The zero-order chi connectivity index (χ0) is 15.3. The maximum Gasteiger partial charge on any atom is 0.0853 e. The topological polar surface area (TPSA) is 42.4 Å². The minimum atomic E-state index is -0.547. The van der Waals surface area contributed by atoms with Crippen LogP contribution in [0.1, 0.15) is 45.8 Å². The summed E-state index contributed by atoms with van der Waals surface area (Å²) in [7, 11) is 0. The van der Waals surface area contributed by atoms with Crippen molar-refractivity contribution in [3.05, 3.63) is 42.1 Å². The fourth-order valence-electron chi connectivity index (χ4n) is 3.69. The van der Waals surface area contributed by atoms with Crippen molar-refractivity contribution in [3.63, 3.8) is 0 Å². The smallest absolute Gasteiger partial charge is 0.0853 e. The van der Waals surface area contributed by atoms with Gasteiger partial charge in [0, 0.05) is 17.5 Å². The number of nitrogens with zero attached hydrogens (tertiary/aromatic N) is 1. The van der Waals surface area contributed by atoms with Crippen LogP contribution in [0.5, 0.6) is 0 Å². The number of benzene rings is 1. The maximum absolute atomic E-state index is 11.0. The van der Waals surface area contributed by atoms with Crippen LogP contribution < -0.4 is 0 Å². The summed E-state index contributed by atoms with van der Waals surface area (Å²) < 4.78 is 6.13. The van der Waals surface area contributed by atoms with Crippen LogP contribution in [0.3, 0.4) is 0 Å². The first-order chi connectivity index (χ1) is 9.80. The third-order valence-corrected chi connectivity index (χ3v) is 4.53. The van der Waals surface area contributed by atoms with E-state index in [4.69, 9.17) is 4.74 Å². The standard InChI is InChI=1S/C18H23NO2/c1-17(2)11-14(18(3,4)21-17)16(20)13-9-10-19-15-8-6-5-7-12(13)15/h5-10,14,16,20H,11H2,1-4H3. The van der Waals surface area contributed by atoms with Crippen LogP contribution in [0.25, 0.3) is 10.9 Å². The summed E-state index contributed by atoms with van der Waals surface area (Å²) in [6.45, 7) is 8.32. The lowest BCUT2D eigenvalue weighted by Gasteiger charge is -2.30. The maximum atomic E-state index is 11.0. The van der Waals surface area contributed by atoms with Crippen LogP contribution in [-0.2, 0) is 4.74 Å². The largest absolute Gasteiger partial charge is 0.388 e. The first-order valence-corrected chi connectivity index (χ1v) is 7.52. The Bertz CT molecular complexity index is 658. The molecule has 0 aliphatic carbocycles. The fraction of sp³-hybridized carbons (Fsp3) is 0.500. The van der Waals surface area contributed by atoms with Gasteiger partial charge in [-0.2, -0.15) is 0 Å². The number of rotatable bonds is 2. The highest BCUT2D eigenvalue weighted by molar-refractivity contribution is 5.82. The predicted molar refractivity (Wildman–Crippen MR) is 84.1 cm³/mol. The molecule has 112 valence electrons. The lowest BCUT2D eigenvalue weighted by molar-refractivity contribution is -0.0879. The van der Waals surface area contributed by atoms with Gasteiger partial charge < -0.3 is 9.84 Å². The van der Waals surface area contributed by atoms with Crippen molar-refractivity contribution >= 4 is 10.9 Å². The van der Waals surface area contributed by atoms with Gasteiger partial charge >= 0.3 is 0 Å². The van der Waals surface area contributed by atoms with Crippen molar-refractivity contribution in [1.29, 1.82) is 0 Å². The summed E-state index contributed by atoms with van der Waals surface area (Å²) >= 11 is 0. The highest BCUT2D eigenvalue weighted by Crippen LogP contribution is 2.48. The van der Waals surface area contributed by atoms with Gasteiger partial charge in [-0.25, -0.2) is 0 Å². The normalized spacial score (nSPS) is 25.1. The van der Waals surface area contributed by atoms with Crippen LogP contribution in [0, 0.1) is 5.92 Å². The van der Waals surface area contributed by atoms with Gasteiger partial charge in [0.15, 0.2) is 0 Å². The Morgan fingerprint density at radius 3 is 2.57 bits per heavy atom. The highest BCUT2D eigenvalue weighted by Gasteiger charge is 2.49. The quantitative estimate of drug-likeness (QED) is 0.911. The molecule has 0 saturated carbocycles. The Hall–Kier alpha value is -1.45. The highest BCUT2D eigenvalue weighted by atomic mass is 16.5. The van der Waals surface area contributed by atoms with E-state index in [2.05, 4.69) is 32.7 Å². The average Bonchev–Trinajstić information content (AvgIpc) is 2.65. The van der Waals surface area contributed by atoms with E-state index in [0.29, 0.717) is 0 Å². The molecule has 1 aromatic carbocycles. The first-order valence-electron chi connectivity index (χ1n) is 7.52. The molecule has 1 saturated heterocycles. The molecule has 3 rings (SSSR count). The molecule has 1 aliphatic rings. The molecule has 1 aliphatic heterocycles. The van der Waals surface area contributed by atoms with Gasteiger partial charge in [0.1, 0.15) is 0 Å². The molecule has 2 heterocycles. The van der Waals surface area contributed by atoms with Gasteiger partial charge in [0.2, 0.25) is 0 Å². The summed E-state index contributed by atoms with van der Waals surface area (Å²) in [4.78, 5) is 4.37. The fourth-order valence-corrected chi connectivity index (χ4v) is 3.69. The second kappa shape index (κ2) is 4.79. The summed E-state index contributed by atoms with van der Waals surface area (Å²) in [6.07, 6.45) is 2.07. The summed E-state index contributed by atoms with van der Waals surface area (Å²) in [6, 6.07) is 9.88. The number of aromatic nitrogens is 1. The molecule has 21 heavy (non-hydrogen) atoms. The van der Waals surface area contributed by atoms with Crippen molar-refractivity contribution in [2.24, 2.45) is 5.92 Å². The third kappa shape index (κ3) is 2.56. The molecule has 3 heteroatoms. The van der Waals surface area contributed by atoms with Gasteiger partial charge in [0.05, 0.1) is 22.8 Å². The molecular weight excluding hydrogens is 262 g/mol. The molecule has 2 unspecified atom stereocenters. The zero-order valence-electron chi connectivity index (χ0n) is 13.1. The molecule has 1 fully saturated rings. The van der Waals surface area contributed by atoms with Gasteiger partial charge in [-0.15, -0.1) is 0 Å². The van der Waals surface area contributed by atoms with Gasteiger partial charge in [-0.3, -0.25) is 4.98 Å². The van der Waals surface area contributed by atoms with Gasteiger partial charge in [-0.05, 0) is 51.8 Å². The van der Waals surface area contributed by atoms with Crippen LogP contribution in [0.15, 0.2) is 36.5 Å². The van der Waals surface area contributed by atoms with Gasteiger partial charge in [0.25, 0.3) is 0 Å². The molecule has 1 aromatic heterocycles. The van der Waals surface area contributed by atoms with Crippen LogP contribution in [0.2, 0.25) is 0 Å². The second-order valence-corrected chi connectivity index (χ2v) is 7.14. The van der Waals surface area contributed by atoms with Crippen molar-refractivity contribution in [3.8, 4) is 0 Å². The Labute approximate surface area is 126 Å². The molecule has 2 atom stereocenters. The molecule has 2 aromatic rings. The first kappa shape index (κ1) is 14.5. The number of aliphatic hydroxyl groups is 1. The zero-order valence-corrected chi connectivity index (χ0v) is 13.1. The van der Waals surface area contributed by atoms with E-state index < -0.39 is 6.10 Å². The van der Waals surface area contributed by atoms with Crippen LogP contribution in [-0.4, -0.2) is 21.3 Å². The van der Waals surface area contributed by atoms with E-state index in [0.717, 1.165) is 22.9 Å². The monoisotopic (exact) mass is 285 g/mol. The molecular formula is C18H23NO2. The predicted octanol–water partition coefficient (Wildman–Crippen LogP) is 3.86. The summed E-state index contributed by atoms with van der Waals surface area (Å²) in [5, 5.41) is 12.0. The SMILES string of the molecule is CC1(C)CC(C(O)c2ccnc3ccccc23)C(C)(C)O1. The van der Waals surface area contributed by atoms with Crippen LogP contribution in [0.4, 0.5) is 0 Å². The van der Waals surface area contributed by atoms with Crippen LogP contribution >= 0.6 is 0 Å². The molecule has 3 nitrogen and oxygen atoms in total. The molecule has 0 bridgehead atoms. The number of hydrogen-bond donors (Lipinski definition) is 1. The number of ether oxygens (including phenoxy) is 1. The Morgan fingerprint density at radius 2 is 1.90 bits per heavy atom. The summed E-state index contributed by atoms with van der Waals surface area (Å²) in [5.41, 5.74) is 1.33. The Morgan fingerprint density at radius 1 is 1.19 bits per heavy atom. The van der Waals surface area contributed by atoms with Gasteiger partial charge in [-0.1, -0.05) is 18.2 Å². The molecule has 1 N–H and O–H groups in total. The minimum absolute atomic E-state index is 0.0679. The van der Waals surface area contributed by atoms with E-state index in [1.165, 1.54) is 0 Å². The van der Waals surface area contributed by atoms with Crippen molar-refractivity contribution in [1.82, 2.24) is 4.98 Å². The van der Waals surface area contributed by atoms with E-state index in [1.807, 2.05) is 30.3 Å². The minimum Gasteiger partial charge on any atom is -0.388 e. The number of pyridine rings is 1. The lowest BCUT2D eigenvalue weighted by atomic mass is 9.80. The van der Waals surface area contributed by atoms with Crippen molar-refractivity contribution in [2.75, 3.05) is 0 Å². The van der Waals surface area contributed by atoms with E-state index in [1.54, 1.807) is 6.20 Å². The van der Waals surface area contributed by atoms with E-state index in [9.17, 15) is 5.11 Å². The lowest BCUT2D eigenvalue weighted by Crippen LogP contribution is -2.32. The average molecular weight is 285 g/mol. The van der Waals surface area contributed by atoms with E-state index in [-0.39, 0.29) is 17.1 Å². The summed E-state index contributed by atoms with van der Waals surface area (Å²) in [5.74, 6) is 0.0679. The molecule has 0 radical (unpaired) electrons. The number of aliphatic hydroxyl groups excluding tert-OH is 1. The number of para-hydroxylation sites is 1. The molecule has 0 amide bonds.